The summed E-state index contributed by atoms with van der Waals surface area (Å²) in [6.45, 7) is 2.74. The first kappa shape index (κ1) is 20.8. The van der Waals surface area contributed by atoms with Gasteiger partial charge in [-0.05, 0) is 43.3 Å². The molecule has 0 heterocycles. The number of esters is 1. The molecule has 0 unspecified atom stereocenters. The Bertz CT molecular complexity index is 929. The average molecular weight is 406 g/mol. The van der Waals surface area contributed by atoms with Crippen molar-refractivity contribution in [2.75, 3.05) is 10.6 Å². The second-order valence-corrected chi connectivity index (χ2v) is 6.13. The molecule has 2 aromatic carbocycles. The van der Waals surface area contributed by atoms with E-state index in [1.807, 2.05) is 0 Å². The Kier molecular flexibility index (Phi) is 6.67. The highest BCUT2D eigenvalue weighted by molar-refractivity contribution is 6.32. The summed E-state index contributed by atoms with van der Waals surface area (Å²) in [6.07, 6.45) is -1.16. The van der Waals surface area contributed by atoms with E-state index in [-0.39, 0.29) is 16.5 Å². The quantitative estimate of drug-likeness (QED) is 0.430. The van der Waals surface area contributed by atoms with Crippen LogP contribution in [0.15, 0.2) is 42.5 Å². The Labute approximate surface area is 164 Å². The zero-order valence-corrected chi connectivity index (χ0v) is 15.6. The van der Waals surface area contributed by atoms with Gasteiger partial charge in [0.25, 0.3) is 11.6 Å². The zero-order valence-electron chi connectivity index (χ0n) is 14.9. The first-order valence-corrected chi connectivity index (χ1v) is 8.38. The molecule has 0 spiro atoms. The molecule has 28 heavy (non-hydrogen) atoms. The summed E-state index contributed by atoms with van der Waals surface area (Å²) in [6, 6.07) is 9.79. The number of carbonyl (C=O) groups excluding carboxylic acids is 3. The normalized spacial score (nSPS) is 11.2. The van der Waals surface area contributed by atoms with Crippen LogP contribution in [0.2, 0.25) is 5.02 Å². The van der Waals surface area contributed by atoms with Crippen molar-refractivity contribution in [2.45, 2.75) is 20.0 Å². The lowest BCUT2D eigenvalue weighted by atomic mass is 10.2. The van der Waals surface area contributed by atoms with Crippen molar-refractivity contribution in [2.24, 2.45) is 0 Å². The summed E-state index contributed by atoms with van der Waals surface area (Å²) in [5.41, 5.74) is 0.460. The highest BCUT2D eigenvalue weighted by Gasteiger charge is 2.22. The van der Waals surface area contributed by atoms with Crippen LogP contribution in [-0.2, 0) is 14.3 Å². The molecular weight excluding hydrogens is 390 g/mol. The number of halogens is 1. The van der Waals surface area contributed by atoms with E-state index < -0.39 is 28.6 Å². The number of nitro benzene ring substituents is 1. The third-order valence-electron chi connectivity index (χ3n) is 3.50. The van der Waals surface area contributed by atoms with Crippen LogP contribution in [0.4, 0.5) is 17.1 Å². The van der Waals surface area contributed by atoms with Crippen LogP contribution in [-0.4, -0.2) is 28.8 Å². The third-order valence-corrected chi connectivity index (χ3v) is 3.82. The Hall–Kier alpha value is -3.46. The van der Waals surface area contributed by atoms with Crippen molar-refractivity contribution in [3.8, 4) is 0 Å². The highest BCUT2D eigenvalue weighted by Crippen LogP contribution is 2.25. The summed E-state index contributed by atoms with van der Waals surface area (Å²) in [7, 11) is 0. The molecule has 0 saturated carbocycles. The van der Waals surface area contributed by atoms with Gasteiger partial charge in [0.2, 0.25) is 5.91 Å². The van der Waals surface area contributed by atoms with Gasteiger partial charge in [0.15, 0.2) is 6.10 Å². The third kappa shape index (κ3) is 5.52. The molecule has 0 fully saturated rings. The van der Waals surface area contributed by atoms with E-state index in [4.69, 9.17) is 16.3 Å². The molecular formula is C18H16ClN3O6. The second-order valence-electron chi connectivity index (χ2n) is 5.72. The standard InChI is InChI=1S/C18H16ClN3O6/c1-10(17(24)21-14-6-4-13(5-7-14)20-11(2)23)28-18(25)12-3-8-15(19)16(9-12)22(26)27/h3-10H,1-2H3,(H,20,23)(H,21,24)/t10-/m0/s1. The number of benzene rings is 2. The van der Waals surface area contributed by atoms with E-state index >= 15 is 0 Å². The number of hydrogen-bond donors (Lipinski definition) is 2. The Morgan fingerprint density at radius 1 is 1.07 bits per heavy atom. The number of nitrogens with one attached hydrogen (secondary N) is 2. The van der Waals surface area contributed by atoms with Gasteiger partial charge in [0, 0.05) is 24.4 Å². The summed E-state index contributed by atoms with van der Waals surface area (Å²) in [4.78, 5) is 45.5. The SMILES string of the molecule is CC(=O)Nc1ccc(NC(=O)[C@H](C)OC(=O)c2ccc(Cl)c([N+](=O)[O-])c2)cc1. The molecule has 0 bridgehead atoms. The number of nitrogens with zero attached hydrogens (tertiary/aromatic N) is 1. The molecule has 0 aromatic heterocycles. The lowest BCUT2D eigenvalue weighted by Crippen LogP contribution is -2.30. The maximum Gasteiger partial charge on any atom is 0.339 e. The van der Waals surface area contributed by atoms with Crippen molar-refractivity contribution < 1.29 is 24.0 Å². The lowest BCUT2D eigenvalue weighted by Gasteiger charge is -2.14. The zero-order chi connectivity index (χ0) is 20.8. The Morgan fingerprint density at radius 2 is 1.64 bits per heavy atom. The molecule has 0 aliphatic heterocycles. The number of nitro groups is 1. The van der Waals surface area contributed by atoms with Gasteiger partial charge in [-0.15, -0.1) is 0 Å². The van der Waals surface area contributed by atoms with Gasteiger partial charge in [-0.1, -0.05) is 11.6 Å². The van der Waals surface area contributed by atoms with Gasteiger partial charge in [-0.25, -0.2) is 4.79 Å². The second kappa shape index (κ2) is 8.96. The monoisotopic (exact) mass is 405 g/mol. The number of carbonyl (C=O) groups is 3. The van der Waals surface area contributed by atoms with Crippen LogP contribution in [0.1, 0.15) is 24.2 Å². The molecule has 2 N–H and O–H groups in total. The molecule has 2 amide bonds. The summed E-state index contributed by atoms with van der Waals surface area (Å²) in [5.74, 6) is -1.72. The summed E-state index contributed by atoms with van der Waals surface area (Å²) < 4.78 is 5.05. The van der Waals surface area contributed by atoms with Crippen molar-refractivity contribution in [3.63, 3.8) is 0 Å². The molecule has 10 heteroatoms. The van der Waals surface area contributed by atoms with Gasteiger partial charge in [-0.2, -0.15) is 0 Å². The van der Waals surface area contributed by atoms with E-state index in [0.29, 0.717) is 11.4 Å². The maximum absolute atomic E-state index is 12.2. The summed E-state index contributed by atoms with van der Waals surface area (Å²) in [5, 5.41) is 15.9. The van der Waals surface area contributed by atoms with Crippen molar-refractivity contribution >= 4 is 46.4 Å². The average Bonchev–Trinajstić information content (AvgIpc) is 2.62. The number of rotatable bonds is 6. The minimum atomic E-state index is -1.16. The Balaban J connectivity index is 2.00. The van der Waals surface area contributed by atoms with Gasteiger partial charge < -0.3 is 15.4 Å². The summed E-state index contributed by atoms with van der Waals surface area (Å²) >= 11 is 5.70. The molecule has 0 radical (unpaired) electrons. The van der Waals surface area contributed by atoms with Crippen molar-refractivity contribution in [1.29, 1.82) is 0 Å². The minimum absolute atomic E-state index is 0.101. The predicted molar refractivity (Wildman–Crippen MR) is 102 cm³/mol. The van der Waals surface area contributed by atoms with E-state index in [9.17, 15) is 24.5 Å². The lowest BCUT2D eigenvalue weighted by molar-refractivity contribution is -0.384. The fourth-order valence-electron chi connectivity index (χ4n) is 2.15. The van der Waals surface area contributed by atoms with Gasteiger partial charge in [0.05, 0.1) is 10.5 Å². The van der Waals surface area contributed by atoms with E-state index in [2.05, 4.69) is 10.6 Å². The topological polar surface area (TPSA) is 128 Å². The van der Waals surface area contributed by atoms with Crippen LogP contribution in [0.3, 0.4) is 0 Å². The van der Waals surface area contributed by atoms with Crippen LogP contribution in [0, 0.1) is 10.1 Å². The van der Waals surface area contributed by atoms with E-state index in [1.165, 1.54) is 26.0 Å². The van der Waals surface area contributed by atoms with Crippen LogP contribution in [0.5, 0.6) is 0 Å². The largest absolute Gasteiger partial charge is 0.449 e. The fraction of sp³-hybridized carbons (Fsp3) is 0.167. The molecule has 146 valence electrons. The van der Waals surface area contributed by atoms with Gasteiger partial charge in [-0.3, -0.25) is 19.7 Å². The minimum Gasteiger partial charge on any atom is -0.449 e. The smallest absolute Gasteiger partial charge is 0.339 e. The number of anilines is 2. The van der Waals surface area contributed by atoms with Crippen LogP contribution >= 0.6 is 11.6 Å². The molecule has 9 nitrogen and oxygen atoms in total. The van der Waals surface area contributed by atoms with Gasteiger partial charge >= 0.3 is 5.97 Å². The van der Waals surface area contributed by atoms with Crippen LogP contribution < -0.4 is 10.6 Å². The van der Waals surface area contributed by atoms with E-state index in [1.54, 1.807) is 24.3 Å². The molecule has 2 rings (SSSR count). The molecule has 0 saturated heterocycles. The molecule has 1 atom stereocenters. The molecule has 2 aromatic rings. The Morgan fingerprint density at radius 3 is 2.18 bits per heavy atom. The predicted octanol–water partition coefficient (Wildman–Crippen LogP) is 3.39. The fourth-order valence-corrected chi connectivity index (χ4v) is 2.33. The number of ether oxygens (including phenoxy) is 1. The number of amides is 2. The van der Waals surface area contributed by atoms with Crippen molar-refractivity contribution in [1.82, 2.24) is 0 Å². The van der Waals surface area contributed by atoms with Crippen LogP contribution in [0.25, 0.3) is 0 Å². The first-order chi connectivity index (χ1) is 13.2. The molecule has 0 aliphatic rings. The highest BCUT2D eigenvalue weighted by atomic mass is 35.5. The molecule has 0 aliphatic carbocycles. The van der Waals surface area contributed by atoms with Crippen molar-refractivity contribution in [3.05, 3.63) is 63.2 Å². The first-order valence-electron chi connectivity index (χ1n) is 8.01. The number of hydrogen-bond acceptors (Lipinski definition) is 6. The van der Waals surface area contributed by atoms with Gasteiger partial charge in [0.1, 0.15) is 5.02 Å². The maximum atomic E-state index is 12.2. The van der Waals surface area contributed by atoms with E-state index in [0.717, 1.165) is 6.07 Å².